The second-order valence-corrected chi connectivity index (χ2v) is 21.2. The molecule has 3 aromatic heterocycles. The van der Waals surface area contributed by atoms with E-state index < -0.39 is 108 Å². The van der Waals surface area contributed by atoms with Crippen LogP contribution in [-0.2, 0) is 68.8 Å². The zero-order valence-electron chi connectivity index (χ0n) is 45.4. The van der Waals surface area contributed by atoms with E-state index in [-0.39, 0.29) is 38.1 Å². The highest BCUT2D eigenvalue weighted by Gasteiger charge is 2.34. The number of benzene rings is 2. The van der Waals surface area contributed by atoms with Gasteiger partial charge in [0.15, 0.2) is 0 Å². The molecule has 5 aromatic rings. The van der Waals surface area contributed by atoms with E-state index >= 15 is 0 Å². The Morgan fingerprint density at radius 1 is 0.684 bits per heavy atom. The Kier molecular flexibility index (Phi) is 24.1. The monoisotopic (exact) mass is 1110 g/mol. The molecule has 3 heterocycles. The number of carbonyl (C=O) groups is 9. The summed E-state index contributed by atoms with van der Waals surface area (Å²) >= 11 is 1.49. The number of hydrogen-bond acceptors (Lipinski definition) is 13. The van der Waals surface area contributed by atoms with Crippen molar-refractivity contribution in [3.63, 3.8) is 0 Å². The average Bonchev–Trinajstić information content (AvgIpc) is 4.28. The molecule has 0 radical (unpaired) electrons. The summed E-state index contributed by atoms with van der Waals surface area (Å²) in [5.74, 6) is -5.47. The van der Waals surface area contributed by atoms with Gasteiger partial charge in [-0.2, -0.15) is 11.8 Å². The maximum atomic E-state index is 14.3. The van der Waals surface area contributed by atoms with Crippen molar-refractivity contribution in [3.8, 4) is 0 Å². The Morgan fingerprint density at radius 2 is 1.28 bits per heavy atom. The standard InChI is InChI=1S/C54H75N15O9S/c1-31(2)18-38(27-69(30-70)45(48(56)72)16-17-79-6)64-52(76)43(21-36-24-57-28-61-36)65-46(71)26-60-54(78)47(32(3)4)68-49(73)33(5)63-51(75)42(20-35-23-59-41-15-11-10-14-39(35)41)67-53(77)44(22-37-25-58-29-62-37)66-50(74)40(55)19-34-12-8-7-9-13-34/h7-15,23-25,28-33,38,40,42-45,47,59H,16-22,26-27,55H2,1-6H3,(H2,56,72)(H,57,61)(H,58,62)(H,60,78)(H,63,75)(H,64,76)(H,65,71)(H,66,74)(H,67,77)(H,68,73)/t33-,38-,40+,42-,43-,44-,45-,47-/m0/s1. The van der Waals surface area contributed by atoms with E-state index in [0.717, 1.165) is 16.5 Å². The molecule has 25 heteroatoms. The molecule has 14 N–H and O–H groups in total. The molecule has 2 aromatic carbocycles. The first-order valence-electron chi connectivity index (χ1n) is 26.1. The van der Waals surface area contributed by atoms with Gasteiger partial charge in [0.05, 0.1) is 25.2 Å². The predicted molar refractivity (Wildman–Crippen MR) is 298 cm³/mol. The molecule has 0 spiro atoms. The van der Waals surface area contributed by atoms with E-state index in [9.17, 15) is 43.2 Å². The maximum Gasteiger partial charge on any atom is 0.243 e. The molecule has 0 aliphatic carbocycles. The fourth-order valence-corrected chi connectivity index (χ4v) is 9.32. The van der Waals surface area contributed by atoms with Crippen molar-refractivity contribution in [2.45, 2.75) is 121 Å². The zero-order valence-corrected chi connectivity index (χ0v) is 46.2. The number of carbonyl (C=O) groups excluding carboxylic acids is 9. The summed E-state index contributed by atoms with van der Waals surface area (Å²) in [6.45, 7) is 7.99. The zero-order chi connectivity index (χ0) is 57.6. The van der Waals surface area contributed by atoms with Crippen LogP contribution in [0.2, 0.25) is 0 Å². The van der Waals surface area contributed by atoms with Crippen LogP contribution in [0.5, 0.6) is 0 Å². The third-order valence-electron chi connectivity index (χ3n) is 13.0. The molecule has 0 unspecified atom stereocenters. The molecule has 79 heavy (non-hydrogen) atoms. The Hall–Kier alpha value is -8.06. The third kappa shape index (κ3) is 19.4. The number of hydrogen-bond donors (Lipinski definition) is 12. The summed E-state index contributed by atoms with van der Waals surface area (Å²) in [6.07, 6.45) is 10.8. The number of H-pyrrole nitrogens is 3. The minimum atomic E-state index is -1.29. The number of nitrogens with one attached hydrogen (secondary N) is 10. The van der Waals surface area contributed by atoms with Gasteiger partial charge < -0.3 is 68.5 Å². The van der Waals surface area contributed by atoms with Gasteiger partial charge in [0.25, 0.3) is 0 Å². The van der Waals surface area contributed by atoms with Gasteiger partial charge in [-0.25, -0.2) is 9.97 Å². The smallest absolute Gasteiger partial charge is 0.243 e. The second-order valence-electron chi connectivity index (χ2n) is 20.2. The van der Waals surface area contributed by atoms with Crippen molar-refractivity contribution in [2.24, 2.45) is 23.3 Å². The van der Waals surface area contributed by atoms with Gasteiger partial charge in [0, 0.05) is 72.7 Å². The average molecular weight is 1110 g/mol. The highest BCUT2D eigenvalue weighted by Crippen LogP contribution is 2.20. The lowest BCUT2D eigenvalue weighted by Crippen LogP contribution is -2.60. The lowest BCUT2D eigenvalue weighted by Gasteiger charge is -2.32. The number of amides is 9. The summed E-state index contributed by atoms with van der Waals surface area (Å²) in [5.41, 5.74) is 15.3. The molecular formula is C54H75N15O9S. The first kappa shape index (κ1) is 61.8. The van der Waals surface area contributed by atoms with Gasteiger partial charge in [0.1, 0.15) is 36.3 Å². The molecule has 426 valence electrons. The van der Waals surface area contributed by atoms with E-state index in [1.165, 1.54) is 48.6 Å². The number of nitrogens with two attached hydrogens (primary N) is 2. The normalized spacial score (nSPS) is 14.3. The molecule has 0 aliphatic rings. The summed E-state index contributed by atoms with van der Waals surface area (Å²) in [6, 6.07) is 7.84. The summed E-state index contributed by atoms with van der Waals surface area (Å²) in [7, 11) is 0. The van der Waals surface area contributed by atoms with Crippen LogP contribution in [0, 0.1) is 11.8 Å². The molecule has 8 atom stereocenters. The fourth-order valence-electron chi connectivity index (χ4n) is 8.86. The lowest BCUT2D eigenvalue weighted by atomic mass is 10.0. The van der Waals surface area contributed by atoms with Crippen molar-refractivity contribution in [3.05, 3.63) is 108 Å². The number of aromatic nitrogens is 5. The number of fused-ring (bicyclic) bond motifs is 1. The number of primary amides is 1. The Labute approximate surface area is 463 Å². The molecule has 0 bridgehead atoms. The summed E-state index contributed by atoms with van der Waals surface area (Å²) in [4.78, 5) is 140. The van der Waals surface area contributed by atoms with Gasteiger partial charge in [-0.3, -0.25) is 43.2 Å². The number of para-hydroxylation sites is 1. The molecule has 5 rings (SSSR count). The van der Waals surface area contributed by atoms with Crippen LogP contribution in [0.1, 0.15) is 70.0 Å². The molecule has 0 saturated carbocycles. The Balaban J connectivity index is 1.25. The maximum absolute atomic E-state index is 14.3. The number of imidazole rings is 2. The SMILES string of the molecule is CSCC[C@@H](C(N)=O)N(C=O)C[C@H](CC(C)C)NC(=O)[C@H](Cc1cnc[nH]1)NC(=O)CNC(=O)[C@@H](NC(=O)[C@H](C)NC(=O)[C@H](Cc1c[nH]c2ccccc12)NC(=O)[C@H](Cc1cnc[nH]1)NC(=O)[C@H](N)Cc1ccccc1)C(C)C. The Morgan fingerprint density at radius 3 is 1.87 bits per heavy atom. The van der Waals surface area contributed by atoms with Crippen LogP contribution >= 0.6 is 11.8 Å². The molecule has 0 fully saturated rings. The van der Waals surface area contributed by atoms with E-state index in [2.05, 4.69) is 62.1 Å². The fraction of sp³-hybridized carbons (Fsp3) is 0.463. The van der Waals surface area contributed by atoms with Gasteiger partial charge in [-0.05, 0) is 67.2 Å². The van der Waals surface area contributed by atoms with Crippen LogP contribution in [0.15, 0.2) is 85.8 Å². The lowest BCUT2D eigenvalue weighted by molar-refractivity contribution is -0.135. The van der Waals surface area contributed by atoms with Gasteiger partial charge in [-0.15, -0.1) is 0 Å². The van der Waals surface area contributed by atoms with Crippen molar-refractivity contribution in [2.75, 3.05) is 25.1 Å². The van der Waals surface area contributed by atoms with Gasteiger partial charge in [0.2, 0.25) is 53.7 Å². The molecule has 9 amide bonds. The van der Waals surface area contributed by atoms with Crippen LogP contribution in [0.4, 0.5) is 0 Å². The second kappa shape index (κ2) is 30.8. The quantitative estimate of drug-likeness (QED) is 0.0247. The first-order chi connectivity index (χ1) is 37.8. The topological polar surface area (TPSA) is 366 Å². The summed E-state index contributed by atoms with van der Waals surface area (Å²) in [5, 5.41) is 19.8. The van der Waals surface area contributed by atoms with Crippen molar-refractivity contribution >= 4 is 76.3 Å². The number of rotatable bonds is 33. The highest BCUT2D eigenvalue weighted by molar-refractivity contribution is 7.98. The Bertz CT molecular complexity index is 2790. The number of thioether (sulfide) groups is 1. The van der Waals surface area contributed by atoms with Crippen LogP contribution in [-0.4, -0.2) is 157 Å². The minimum absolute atomic E-state index is 0.0241. The van der Waals surface area contributed by atoms with Crippen molar-refractivity contribution in [1.82, 2.24) is 67.0 Å². The summed E-state index contributed by atoms with van der Waals surface area (Å²) < 4.78 is 0. The van der Waals surface area contributed by atoms with Crippen molar-refractivity contribution < 1.29 is 43.2 Å². The molecule has 0 aliphatic heterocycles. The largest absolute Gasteiger partial charge is 0.368 e. The first-order valence-corrected chi connectivity index (χ1v) is 27.5. The van der Waals surface area contributed by atoms with E-state index in [1.54, 1.807) is 20.0 Å². The van der Waals surface area contributed by atoms with Gasteiger partial charge in [-0.1, -0.05) is 76.2 Å². The molecule has 0 saturated heterocycles. The van der Waals surface area contributed by atoms with E-state index in [1.807, 2.05) is 74.7 Å². The van der Waals surface area contributed by atoms with Crippen molar-refractivity contribution in [1.29, 1.82) is 0 Å². The highest BCUT2D eigenvalue weighted by atomic mass is 32.2. The number of nitrogens with zero attached hydrogens (tertiary/aromatic N) is 3. The van der Waals surface area contributed by atoms with Gasteiger partial charge >= 0.3 is 0 Å². The van der Waals surface area contributed by atoms with Crippen LogP contribution in [0.25, 0.3) is 10.9 Å². The molecular weight excluding hydrogens is 1030 g/mol. The van der Waals surface area contributed by atoms with E-state index in [4.69, 9.17) is 11.5 Å². The van der Waals surface area contributed by atoms with E-state index in [0.29, 0.717) is 42.0 Å². The number of aromatic amines is 3. The van der Waals surface area contributed by atoms with Crippen LogP contribution in [0.3, 0.4) is 0 Å². The third-order valence-corrected chi connectivity index (χ3v) is 13.7. The minimum Gasteiger partial charge on any atom is -0.368 e. The predicted octanol–water partition coefficient (Wildman–Crippen LogP) is 0.0244. The van der Waals surface area contributed by atoms with Crippen LogP contribution < -0.4 is 48.7 Å². The molecule has 24 nitrogen and oxygen atoms in total.